The van der Waals surface area contributed by atoms with Gasteiger partial charge in [-0.3, -0.25) is 14.4 Å². The van der Waals surface area contributed by atoms with E-state index in [1.165, 1.54) is 18.7 Å². The van der Waals surface area contributed by atoms with Crippen LogP contribution >= 0.6 is 23.5 Å². The van der Waals surface area contributed by atoms with Crippen molar-refractivity contribution in [3.63, 3.8) is 0 Å². The van der Waals surface area contributed by atoms with Gasteiger partial charge in [0.25, 0.3) is 5.56 Å². The van der Waals surface area contributed by atoms with E-state index in [9.17, 15) is 14.4 Å². The maximum absolute atomic E-state index is 12.0. The van der Waals surface area contributed by atoms with Gasteiger partial charge in [0.2, 0.25) is 5.91 Å². The lowest BCUT2D eigenvalue weighted by atomic mass is 10.1. The molecule has 24 heavy (non-hydrogen) atoms. The van der Waals surface area contributed by atoms with Gasteiger partial charge in [0.05, 0.1) is 11.4 Å². The number of hydrogen-bond acceptors (Lipinski definition) is 6. The van der Waals surface area contributed by atoms with Crippen LogP contribution in [0.15, 0.2) is 34.2 Å². The molecule has 0 radical (unpaired) electrons. The first kappa shape index (κ1) is 16.8. The van der Waals surface area contributed by atoms with Crippen LogP contribution in [0.25, 0.3) is 0 Å². The van der Waals surface area contributed by atoms with E-state index in [0.717, 1.165) is 17.0 Å². The van der Waals surface area contributed by atoms with Crippen LogP contribution in [0, 0.1) is 0 Å². The fourth-order valence-corrected chi connectivity index (χ4v) is 3.94. The van der Waals surface area contributed by atoms with E-state index in [0.29, 0.717) is 22.2 Å². The smallest absolute Gasteiger partial charge is 0.255 e. The second-order valence-corrected chi connectivity index (χ2v) is 7.21. The molecular formula is C16H15N3O3S2. The summed E-state index contributed by atoms with van der Waals surface area (Å²) in [6.07, 6.45) is 0. The largest absolute Gasteiger partial charge is 0.325 e. The van der Waals surface area contributed by atoms with Gasteiger partial charge >= 0.3 is 0 Å². The Morgan fingerprint density at radius 3 is 2.75 bits per heavy atom. The van der Waals surface area contributed by atoms with Gasteiger partial charge in [0.15, 0.2) is 10.9 Å². The number of nitrogens with one attached hydrogen (secondary N) is 2. The summed E-state index contributed by atoms with van der Waals surface area (Å²) in [7, 11) is 0. The van der Waals surface area contributed by atoms with Crippen molar-refractivity contribution in [3.8, 4) is 0 Å². The van der Waals surface area contributed by atoms with E-state index in [2.05, 4.69) is 15.3 Å². The van der Waals surface area contributed by atoms with Crippen molar-refractivity contribution in [3.05, 3.63) is 51.4 Å². The molecule has 0 saturated heterocycles. The molecule has 0 aliphatic carbocycles. The van der Waals surface area contributed by atoms with Gasteiger partial charge in [-0.25, -0.2) is 4.98 Å². The highest BCUT2D eigenvalue weighted by Crippen LogP contribution is 2.26. The number of carbonyl (C=O) groups excluding carboxylic acids is 2. The number of Topliss-reactive ketones (excluding diaryl/α,β-unsaturated/α-hetero) is 1. The number of fused-ring (bicyclic) bond motifs is 1. The predicted octanol–water partition coefficient (Wildman–Crippen LogP) is 2.45. The van der Waals surface area contributed by atoms with Crippen LogP contribution in [-0.4, -0.2) is 27.4 Å². The molecule has 0 atom stereocenters. The summed E-state index contributed by atoms with van der Waals surface area (Å²) < 4.78 is 0. The van der Waals surface area contributed by atoms with Crippen molar-refractivity contribution in [2.75, 3.05) is 11.1 Å². The van der Waals surface area contributed by atoms with Crippen molar-refractivity contribution in [1.29, 1.82) is 0 Å². The molecular weight excluding hydrogens is 346 g/mol. The van der Waals surface area contributed by atoms with Crippen LogP contribution in [0.3, 0.4) is 0 Å². The van der Waals surface area contributed by atoms with Crippen LogP contribution in [0.1, 0.15) is 28.5 Å². The Balaban J connectivity index is 1.59. The number of ketones is 1. The minimum atomic E-state index is -0.201. The topological polar surface area (TPSA) is 91.9 Å². The monoisotopic (exact) mass is 361 g/mol. The Hall–Kier alpha value is -2.06. The molecule has 3 rings (SSSR count). The zero-order valence-corrected chi connectivity index (χ0v) is 14.6. The van der Waals surface area contributed by atoms with Crippen LogP contribution in [0.5, 0.6) is 0 Å². The van der Waals surface area contributed by atoms with Gasteiger partial charge in [-0.05, 0) is 31.2 Å². The predicted molar refractivity (Wildman–Crippen MR) is 95.7 cm³/mol. The van der Waals surface area contributed by atoms with Gasteiger partial charge in [-0.1, -0.05) is 11.8 Å². The highest BCUT2D eigenvalue weighted by molar-refractivity contribution is 7.99. The summed E-state index contributed by atoms with van der Waals surface area (Å²) in [6.45, 7) is 1.49. The zero-order valence-electron chi connectivity index (χ0n) is 12.9. The lowest BCUT2D eigenvalue weighted by Crippen LogP contribution is -2.17. The van der Waals surface area contributed by atoms with E-state index >= 15 is 0 Å². The fraction of sp³-hybridized carbons (Fsp3) is 0.250. The summed E-state index contributed by atoms with van der Waals surface area (Å²) in [5.41, 5.74) is 2.65. The van der Waals surface area contributed by atoms with Crippen molar-refractivity contribution in [2.24, 2.45) is 0 Å². The molecule has 0 bridgehead atoms. The quantitative estimate of drug-likeness (QED) is 0.483. The number of nitrogens with zero attached hydrogens (tertiary/aromatic N) is 1. The van der Waals surface area contributed by atoms with Gasteiger partial charge in [0, 0.05) is 28.3 Å². The minimum absolute atomic E-state index is 0.0202. The molecule has 0 saturated carbocycles. The summed E-state index contributed by atoms with van der Waals surface area (Å²) >= 11 is 2.85. The van der Waals surface area contributed by atoms with Crippen LogP contribution in [0.4, 0.5) is 5.69 Å². The van der Waals surface area contributed by atoms with Crippen LogP contribution in [-0.2, 0) is 16.3 Å². The van der Waals surface area contributed by atoms with E-state index in [4.69, 9.17) is 0 Å². The molecule has 124 valence electrons. The van der Waals surface area contributed by atoms with Gasteiger partial charge in [-0.15, -0.1) is 0 Å². The van der Waals surface area contributed by atoms with Crippen molar-refractivity contribution in [2.45, 2.75) is 23.6 Å². The second-order valence-electron chi connectivity index (χ2n) is 5.26. The average molecular weight is 361 g/mol. The molecule has 0 spiro atoms. The fourth-order valence-electron chi connectivity index (χ4n) is 2.23. The molecule has 1 aromatic carbocycles. The van der Waals surface area contributed by atoms with E-state index < -0.39 is 0 Å². The third-order valence-electron chi connectivity index (χ3n) is 3.48. The molecule has 0 fully saturated rings. The molecule has 1 amide bonds. The first-order valence-electron chi connectivity index (χ1n) is 7.26. The molecule has 1 aliphatic rings. The lowest BCUT2D eigenvalue weighted by Gasteiger charge is -2.06. The Bertz CT molecular complexity index is 847. The zero-order chi connectivity index (χ0) is 17.1. The first-order valence-corrected chi connectivity index (χ1v) is 9.40. The summed E-state index contributed by atoms with van der Waals surface area (Å²) in [5.74, 6) is 1.35. The lowest BCUT2D eigenvalue weighted by molar-refractivity contribution is -0.113. The molecule has 0 unspecified atom stereocenters. The van der Waals surface area contributed by atoms with E-state index in [1.54, 1.807) is 36.0 Å². The number of carbonyl (C=O) groups is 2. The minimum Gasteiger partial charge on any atom is -0.325 e. The maximum Gasteiger partial charge on any atom is 0.255 e. The Morgan fingerprint density at radius 2 is 2.04 bits per heavy atom. The van der Waals surface area contributed by atoms with E-state index in [-0.39, 0.29) is 23.0 Å². The molecule has 2 heterocycles. The molecule has 1 aromatic heterocycles. The number of thioether (sulfide) groups is 2. The van der Waals surface area contributed by atoms with Gasteiger partial charge in [-0.2, -0.15) is 11.8 Å². The van der Waals surface area contributed by atoms with Crippen molar-refractivity contribution in [1.82, 2.24) is 9.97 Å². The summed E-state index contributed by atoms with van der Waals surface area (Å²) in [5, 5.41) is 3.21. The highest BCUT2D eigenvalue weighted by atomic mass is 32.2. The summed E-state index contributed by atoms with van der Waals surface area (Å²) in [4.78, 5) is 42.2. The number of H-pyrrole nitrogens is 1. The number of hydrogen-bond donors (Lipinski definition) is 2. The van der Waals surface area contributed by atoms with E-state index in [1.807, 2.05) is 0 Å². The van der Waals surface area contributed by atoms with Gasteiger partial charge in [0.1, 0.15) is 0 Å². The number of aromatic nitrogens is 2. The average Bonchev–Trinajstić information content (AvgIpc) is 3.02. The third kappa shape index (κ3) is 3.88. The third-order valence-corrected chi connectivity index (χ3v) is 5.32. The Kier molecular flexibility index (Phi) is 5.06. The second kappa shape index (κ2) is 7.23. The van der Waals surface area contributed by atoms with Crippen LogP contribution in [0.2, 0.25) is 0 Å². The SMILES string of the molecule is CC(=O)c1ccc(NC(=O)CSc2nc3c(c(=O)[nH]2)CSC3)cc1. The molecule has 2 N–H and O–H groups in total. The molecule has 2 aromatic rings. The first-order chi connectivity index (χ1) is 11.5. The Labute approximate surface area is 146 Å². The number of aromatic amines is 1. The van der Waals surface area contributed by atoms with Crippen LogP contribution < -0.4 is 10.9 Å². The standard InChI is InChI=1S/C16H15N3O3S2/c1-9(20)10-2-4-11(5-3-10)17-14(21)8-24-16-18-13-7-23-6-12(13)15(22)19-16/h2-5H,6-8H2,1H3,(H,17,21)(H,18,19,22). The number of rotatable bonds is 5. The summed E-state index contributed by atoms with van der Waals surface area (Å²) in [6, 6.07) is 6.71. The molecule has 8 heteroatoms. The normalized spacial score (nSPS) is 12.7. The Morgan fingerprint density at radius 1 is 1.29 bits per heavy atom. The maximum atomic E-state index is 12.0. The molecule has 6 nitrogen and oxygen atoms in total. The van der Waals surface area contributed by atoms with Gasteiger partial charge < -0.3 is 10.3 Å². The van der Waals surface area contributed by atoms with Crippen molar-refractivity contribution >= 4 is 40.9 Å². The highest BCUT2D eigenvalue weighted by Gasteiger charge is 2.18. The number of anilines is 1. The van der Waals surface area contributed by atoms with Crippen molar-refractivity contribution < 1.29 is 9.59 Å². The number of benzene rings is 1. The number of amides is 1. The molecule has 1 aliphatic heterocycles.